The highest BCUT2D eigenvalue weighted by Gasteiger charge is 2.16. The summed E-state index contributed by atoms with van der Waals surface area (Å²) in [6, 6.07) is 9.11. The number of nitrogens with one attached hydrogen (secondary N) is 2. The molecular weight excluding hydrogens is 342 g/mol. The van der Waals surface area contributed by atoms with Gasteiger partial charge in [0.25, 0.3) is 5.91 Å². The first kappa shape index (κ1) is 19.3. The number of benzene rings is 1. The molecule has 3 rings (SSSR count). The van der Waals surface area contributed by atoms with Gasteiger partial charge >= 0.3 is 0 Å². The van der Waals surface area contributed by atoms with Crippen molar-refractivity contribution >= 4 is 11.7 Å². The third-order valence-electron chi connectivity index (χ3n) is 4.73. The van der Waals surface area contributed by atoms with Crippen LogP contribution >= 0.6 is 0 Å². The topological polar surface area (TPSA) is 90.4 Å². The standard InChI is InChI=1S/C20H27N5O2/c1-21-18-9-11-22-19(24-18)15-5-7-16(8-6-15)20(27)23-10-3-13-25-12-2-4-17(26)14-25/h5-9,11,17,26H,2-4,10,12-14H2,1H3,(H,23,27)(H,21,22,24)/t17-/m1/s1. The Kier molecular flexibility index (Phi) is 6.73. The zero-order chi connectivity index (χ0) is 19.1. The van der Waals surface area contributed by atoms with Crippen molar-refractivity contribution in [2.45, 2.75) is 25.4 Å². The SMILES string of the molecule is CNc1ccnc(-c2ccc(C(=O)NCCCN3CCC[C@@H](O)C3)cc2)n1. The first-order valence-corrected chi connectivity index (χ1v) is 9.45. The summed E-state index contributed by atoms with van der Waals surface area (Å²) in [6.45, 7) is 3.30. The van der Waals surface area contributed by atoms with E-state index in [-0.39, 0.29) is 12.0 Å². The van der Waals surface area contributed by atoms with Crippen molar-refractivity contribution < 1.29 is 9.90 Å². The second-order valence-electron chi connectivity index (χ2n) is 6.80. The van der Waals surface area contributed by atoms with Gasteiger partial charge in [-0.05, 0) is 50.6 Å². The summed E-state index contributed by atoms with van der Waals surface area (Å²) >= 11 is 0. The Labute approximate surface area is 159 Å². The quantitative estimate of drug-likeness (QED) is 0.645. The molecule has 27 heavy (non-hydrogen) atoms. The number of aromatic nitrogens is 2. The fraction of sp³-hybridized carbons (Fsp3) is 0.450. The van der Waals surface area contributed by atoms with Crippen molar-refractivity contribution in [3.8, 4) is 11.4 Å². The third kappa shape index (κ3) is 5.48. The van der Waals surface area contributed by atoms with E-state index in [9.17, 15) is 9.90 Å². The molecule has 1 aliphatic rings. The summed E-state index contributed by atoms with van der Waals surface area (Å²) in [4.78, 5) is 23.2. The number of amides is 1. The molecule has 1 fully saturated rings. The molecule has 1 aromatic carbocycles. The van der Waals surface area contributed by atoms with E-state index in [0.29, 0.717) is 17.9 Å². The van der Waals surface area contributed by atoms with Crippen LogP contribution in [0.4, 0.5) is 5.82 Å². The molecule has 0 saturated carbocycles. The van der Waals surface area contributed by atoms with E-state index in [0.717, 1.165) is 50.3 Å². The Morgan fingerprint density at radius 2 is 2.11 bits per heavy atom. The van der Waals surface area contributed by atoms with Crippen molar-refractivity contribution in [2.75, 3.05) is 38.5 Å². The van der Waals surface area contributed by atoms with Gasteiger partial charge in [0.15, 0.2) is 5.82 Å². The lowest BCUT2D eigenvalue weighted by Gasteiger charge is -2.29. The molecule has 1 aromatic heterocycles. The monoisotopic (exact) mass is 369 g/mol. The number of aliphatic hydroxyl groups is 1. The highest BCUT2D eigenvalue weighted by Crippen LogP contribution is 2.17. The van der Waals surface area contributed by atoms with Crippen LogP contribution in [0.15, 0.2) is 36.5 Å². The van der Waals surface area contributed by atoms with Crippen LogP contribution in [0.2, 0.25) is 0 Å². The lowest BCUT2D eigenvalue weighted by molar-refractivity contribution is 0.0697. The summed E-state index contributed by atoms with van der Waals surface area (Å²) in [6.07, 6.45) is 4.32. The number of β-amino-alcohol motifs (C(OH)–C–C–N with tert-alkyl or cyclic N) is 1. The van der Waals surface area contributed by atoms with Crippen LogP contribution in [-0.4, -0.2) is 65.2 Å². The first-order valence-electron chi connectivity index (χ1n) is 9.45. The van der Waals surface area contributed by atoms with Crippen LogP contribution in [0.25, 0.3) is 11.4 Å². The van der Waals surface area contributed by atoms with Crippen LogP contribution in [0, 0.1) is 0 Å². The largest absolute Gasteiger partial charge is 0.392 e. The van der Waals surface area contributed by atoms with E-state index >= 15 is 0 Å². The minimum absolute atomic E-state index is 0.0786. The van der Waals surface area contributed by atoms with Crippen LogP contribution < -0.4 is 10.6 Å². The zero-order valence-corrected chi connectivity index (χ0v) is 15.7. The van der Waals surface area contributed by atoms with Gasteiger partial charge in [-0.25, -0.2) is 9.97 Å². The normalized spacial score (nSPS) is 17.5. The predicted octanol–water partition coefficient (Wildman–Crippen LogP) is 1.76. The number of carbonyl (C=O) groups is 1. The van der Waals surface area contributed by atoms with Crippen molar-refractivity contribution in [2.24, 2.45) is 0 Å². The molecular formula is C20H27N5O2. The Morgan fingerprint density at radius 3 is 2.85 bits per heavy atom. The highest BCUT2D eigenvalue weighted by molar-refractivity contribution is 5.94. The van der Waals surface area contributed by atoms with E-state index in [1.807, 2.05) is 19.2 Å². The van der Waals surface area contributed by atoms with Gasteiger partial charge < -0.3 is 20.6 Å². The average Bonchev–Trinajstić information content (AvgIpc) is 2.71. The second kappa shape index (κ2) is 9.43. The number of hydrogen-bond acceptors (Lipinski definition) is 6. The number of anilines is 1. The highest BCUT2D eigenvalue weighted by atomic mass is 16.3. The number of nitrogens with zero attached hydrogens (tertiary/aromatic N) is 3. The van der Waals surface area contributed by atoms with E-state index in [1.165, 1.54) is 0 Å². The molecule has 1 saturated heterocycles. The van der Waals surface area contributed by atoms with Crippen LogP contribution in [0.1, 0.15) is 29.6 Å². The van der Waals surface area contributed by atoms with Gasteiger partial charge in [0.2, 0.25) is 0 Å². The molecule has 1 amide bonds. The van der Waals surface area contributed by atoms with Gasteiger partial charge in [-0.3, -0.25) is 4.79 Å². The third-order valence-corrected chi connectivity index (χ3v) is 4.73. The molecule has 7 heteroatoms. The molecule has 0 unspecified atom stereocenters. The number of likely N-dealkylation sites (tertiary alicyclic amines) is 1. The number of aliphatic hydroxyl groups excluding tert-OH is 1. The van der Waals surface area contributed by atoms with Crippen LogP contribution in [0.3, 0.4) is 0 Å². The summed E-state index contributed by atoms with van der Waals surface area (Å²) in [7, 11) is 1.81. The summed E-state index contributed by atoms with van der Waals surface area (Å²) in [5.41, 5.74) is 1.49. The minimum atomic E-state index is -0.204. The molecule has 0 radical (unpaired) electrons. The van der Waals surface area contributed by atoms with E-state index in [1.54, 1.807) is 24.4 Å². The molecule has 0 bridgehead atoms. The van der Waals surface area contributed by atoms with Gasteiger partial charge in [-0.1, -0.05) is 12.1 Å². The minimum Gasteiger partial charge on any atom is -0.392 e. The predicted molar refractivity (Wildman–Crippen MR) is 106 cm³/mol. The molecule has 2 aromatic rings. The average molecular weight is 369 g/mol. The first-order chi connectivity index (χ1) is 13.2. The molecule has 2 heterocycles. The van der Waals surface area contributed by atoms with E-state index in [4.69, 9.17) is 0 Å². The van der Waals surface area contributed by atoms with Crippen LogP contribution in [-0.2, 0) is 0 Å². The Balaban J connectivity index is 1.47. The number of piperidine rings is 1. The van der Waals surface area contributed by atoms with E-state index < -0.39 is 0 Å². The maximum atomic E-state index is 12.3. The summed E-state index contributed by atoms with van der Waals surface area (Å²) in [5.74, 6) is 1.30. The van der Waals surface area contributed by atoms with Gasteiger partial charge in [0, 0.05) is 37.5 Å². The van der Waals surface area contributed by atoms with Gasteiger partial charge in [0.1, 0.15) is 5.82 Å². The van der Waals surface area contributed by atoms with E-state index in [2.05, 4.69) is 25.5 Å². The zero-order valence-electron chi connectivity index (χ0n) is 15.7. The fourth-order valence-electron chi connectivity index (χ4n) is 3.25. The van der Waals surface area contributed by atoms with Crippen molar-refractivity contribution in [3.05, 3.63) is 42.1 Å². The van der Waals surface area contributed by atoms with Crippen molar-refractivity contribution in [1.82, 2.24) is 20.2 Å². The Morgan fingerprint density at radius 1 is 1.30 bits per heavy atom. The number of carbonyl (C=O) groups excluding carboxylic acids is 1. The number of hydrogen-bond donors (Lipinski definition) is 3. The second-order valence-corrected chi connectivity index (χ2v) is 6.80. The molecule has 0 aliphatic carbocycles. The lowest BCUT2D eigenvalue weighted by Crippen LogP contribution is -2.39. The molecule has 7 nitrogen and oxygen atoms in total. The van der Waals surface area contributed by atoms with Gasteiger partial charge in [-0.2, -0.15) is 0 Å². The summed E-state index contributed by atoms with van der Waals surface area (Å²) in [5, 5.41) is 15.6. The smallest absolute Gasteiger partial charge is 0.251 e. The van der Waals surface area contributed by atoms with Crippen molar-refractivity contribution in [3.63, 3.8) is 0 Å². The maximum Gasteiger partial charge on any atom is 0.251 e. The summed E-state index contributed by atoms with van der Waals surface area (Å²) < 4.78 is 0. The van der Waals surface area contributed by atoms with Crippen LogP contribution in [0.5, 0.6) is 0 Å². The van der Waals surface area contributed by atoms with Gasteiger partial charge in [0.05, 0.1) is 6.10 Å². The lowest BCUT2D eigenvalue weighted by atomic mass is 10.1. The van der Waals surface area contributed by atoms with Crippen molar-refractivity contribution in [1.29, 1.82) is 0 Å². The maximum absolute atomic E-state index is 12.3. The van der Waals surface area contributed by atoms with Gasteiger partial charge in [-0.15, -0.1) is 0 Å². The fourth-order valence-corrected chi connectivity index (χ4v) is 3.25. The molecule has 144 valence electrons. The molecule has 1 aliphatic heterocycles. The molecule has 3 N–H and O–H groups in total. The Hall–Kier alpha value is -2.51. The molecule has 1 atom stereocenters. The number of rotatable bonds is 7. The Bertz CT molecular complexity index is 750. The molecule has 0 spiro atoms.